The fourth-order valence-corrected chi connectivity index (χ4v) is 2.18. The maximum atomic E-state index is 6.13. The van der Waals surface area contributed by atoms with E-state index in [9.17, 15) is 0 Å². The quantitative estimate of drug-likeness (QED) is 0.852. The second-order valence-electron chi connectivity index (χ2n) is 4.96. The Hall–Kier alpha value is -1.22. The first-order valence-corrected chi connectivity index (χ1v) is 6.09. The van der Waals surface area contributed by atoms with Crippen LogP contribution in [0.4, 0.5) is 0 Å². The van der Waals surface area contributed by atoms with E-state index in [0.717, 1.165) is 37.2 Å². The van der Waals surface area contributed by atoms with Crippen molar-refractivity contribution in [2.24, 2.45) is 5.73 Å². The van der Waals surface area contributed by atoms with Gasteiger partial charge in [-0.1, -0.05) is 6.07 Å². The van der Waals surface area contributed by atoms with Gasteiger partial charge in [-0.15, -0.1) is 0 Å². The largest absolute Gasteiger partial charge is 0.493 e. The second kappa shape index (κ2) is 4.57. The zero-order chi connectivity index (χ0) is 12.5. The molecule has 0 unspecified atom stereocenters. The Balaban J connectivity index is 2.23. The Bertz CT molecular complexity index is 411. The minimum Gasteiger partial charge on any atom is -0.493 e. The fraction of sp³-hybridized carbons (Fsp3) is 0.571. The molecule has 94 valence electrons. The average molecular weight is 235 g/mol. The van der Waals surface area contributed by atoms with Crippen molar-refractivity contribution in [1.29, 1.82) is 0 Å². The summed E-state index contributed by atoms with van der Waals surface area (Å²) in [5, 5.41) is 0. The van der Waals surface area contributed by atoms with Crippen molar-refractivity contribution in [2.45, 2.75) is 38.1 Å². The van der Waals surface area contributed by atoms with Gasteiger partial charge in [0.15, 0.2) is 11.5 Å². The summed E-state index contributed by atoms with van der Waals surface area (Å²) >= 11 is 0. The minimum absolute atomic E-state index is 0.0839. The molecule has 1 aliphatic rings. The third-order valence-corrected chi connectivity index (χ3v) is 3.65. The molecule has 0 aliphatic heterocycles. The van der Waals surface area contributed by atoms with Crippen LogP contribution in [0, 0.1) is 6.92 Å². The van der Waals surface area contributed by atoms with Crippen molar-refractivity contribution in [1.82, 2.24) is 0 Å². The summed E-state index contributed by atoms with van der Waals surface area (Å²) < 4.78 is 10.8. The summed E-state index contributed by atoms with van der Waals surface area (Å²) in [5.74, 6) is 1.66. The number of nitrogens with two attached hydrogens (primary N) is 1. The number of aryl methyl sites for hydroxylation is 1. The molecular weight excluding hydrogens is 214 g/mol. The molecule has 1 aliphatic carbocycles. The molecule has 0 aromatic heterocycles. The third-order valence-electron chi connectivity index (χ3n) is 3.65. The molecule has 0 amide bonds. The molecule has 0 spiro atoms. The van der Waals surface area contributed by atoms with Crippen LogP contribution in [0.5, 0.6) is 11.5 Å². The number of hydrogen-bond donors (Lipinski definition) is 1. The topological polar surface area (TPSA) is 44.5 Å². The van der Waals surface area contributed by atoms with Crippen molar-refractivity contribution in [3.05, 3.63) is 23.3 Å². The normalized spacial score (nSPS) is 16.7. The molecule has 2 N–H and O–H groups in total. The van der Waals surface area contributed by atoms with E-state index in [4.69, 9.17) is 15.2 Å². The maximum Gasteiger partial charge on any atom is 0.164 e. The first-order chi connectivity index (χ1) is 8.09. The van der Waals surface area contributed by atoms with Crippen LogP contribution in [0.15, 0.2) is 12.1 Å². The lowest BCUT2D eigenvalue weighted by Gasteiger charge is -2.16. The van der Waals surface area contributed by atoms with E-state index in [1.54, 1.807) is 14.2 Å². The molecular formula is C14H21NO2. The Labute approximate surface area is 103 Å². The van der Waals surface area contributed by atoms with Crippen LogP contribution in [0.2, 0.25) is 0 Å². The highest BCUT2D eigenvalue weighted by molar-refractivity contribution is 5.50. The fourth-order valence-electron chi connectivity index (χ4n) is 2.18. The van der Waals surface area contributed by atoms with Gasteiger partial charge in [0.25, 0.3) is 0 Å². The average Bonchev–Trinajstić information content (AvgIpc) is 3.05. The zero-order valence-electron chi connectivity index (χ0n) is 10.9. The van der Waals surface area contributed by atoms with E-state index in [0.29, 0.717) is 0 Å². The number of ether oxygens (including phenoxy) is 2. The molecule has 1 saturated carbocycles. The predicted octanol–water partition coefficient (Wildman–Crippen LogP) is 2.44. The minimum atomic E-state index is 0.0839. The lowest BCUT2D eigenvalue weighted by atomic mass is 9.98. The van der Waals surface area contributed by atoms with E-state index in [1.165, 1.54) is 11.1 Å². The van der Waals surface area contributed by atoms with Gasteiger partial charge in [0.1, 0.15) is 0 Å². The molecule has 3 heteroatoms. The van der Waals surface area contributed by atoms with Gasteiger partial charge in [-0.3, -0.25) is 0 Å². The Morgan fingerprint density at radius 2 is 1.94 bits per heavy atom. The molecule has 0 radical (unpaired) electrons. The van der Waals surface area contributed by atoms with Gasteiger partial charge >= 0.3 is 0 Å². The summed E-state index contributed by atoms with van der Waals surface area (Å²) in [6, 6.07) is 4.03. The second-order valence-corrected chi connectivity index (χ2v) is 4.96. The molecule has 0 bridgehead atoms. The molecule has 1 aromatic rings. The third kappa shape index (κ3) is 2.55. The van der Waals surface area contributed by atoms with E-state index in [1.807, 2.05) is 6.07 Å². The van der Waals surface area contributed by atoms with Crippen LogP contribution in [-0.4, -0.2) is 19.8 Å². The highest BCUT2D eigenvalue weighted by Gasteiger charge is 2.37. The van der Waals surface area contributed by atoms with Crippen LogP contribution in [-0.2, 0) is 6.42 Å². The number of benzene rings is 1. The molecule has 17 heavy (non-hydrogen) atoms. The van der Waals surface area contributed by atoms with Crippen molar-refractivity contribution in [2.75, 3.05) is 14.2 Å². The molecule has 0 atom stereocenters. The van der Waals surface area contributed by atoms with Gasteiger partial charge in [0.05, 0.1) is 14.2 Å². The predicted molar refractivity (Wildman–Crippen MR) is 68.8 cm³/mol. The molecule has 0 heterocycles. The molecule has 2 rings (SSSR count). The summed E-state index contributed by atoms with van der Waals surface area (Å²) in [7, 11) is 3.36. The van der Waals surface area contributed by atoms with Gasteiger partial charge in [-0.25, -0.2) is 0 Å². The summed E-state index contributed by atoms with van der Waals surface area (Å²) in [6.45, 7) is 2.10. The summed E-state index contributed by atoms with van der Waals surface area (Å²) in [4.78, 5) is 0. The van der Waals surface area contributed by atoms with E-state index >= 15 is 0 Å². The first-order valence-electron chi connectivity index (χ1n) is 6.09. The van der Waals surface area contributed by atoms with Crippen LogP contribution in [0.1, 0.15) is 30.4 Å². The lowest BCUT2D eigenvalue weighted by Crippen LogP contribution is -2.22. The summed E-state index contributed by atoms with van der Waals surface area (Å²) in [6.07, 6.45) is 4.29. The van der Waals surface area contributed by atoms with Crippen molar-refractivity contribution >= 4 is 0 Å². The van der Waals surface area contributed by atoms with Gasteiger partial charge in [0.2, 0.25) is 0 Å². The molecule has 1 fully saturated rings. The van der Waals surface area contributed by atoms with Gasteiger partial charge in [-0.2, -0.15) is 0 Å². The van der Waals surface area contributed by atoms with Gasteiger partial charge < -0.3 is 15.2 Å². The smallest absolute Gasteiger partial charge is 0.164 e. The van der Waals surface area contributed by atoms with E-state index in [-0.39, 0.29) is 5.54 Å². The van der Waals surface area contributed by atoms with Gasteiger partial charge in [-0.05, 0) is 44.2 Å². The van der Waals surface area contributed by atoms with Crippen LogP contribution in [0.25, 0.3) is 0 Å². The number of hydrogen-bond acceptors (Lipinski definition) is 3. The number of methoxy groups -OCH3 is 2. The first kappa shape index (κ1) is 12.2. The molecule has 0 saturated heterocycles. The molecule has 1 aromatic carbocycles. The van der Waals surface area contributed by atoms with Crippen molar-refractivity contribution < 1.29 is 9.47 Å². The Kier molecular flexibility index (Phi) is 3.29. The van der Waals surface area contributed by atoms with Crippen molar-refractivity contribution in [3.63, 3.8) is 0 Å². The zero-order valence-corrected chi connectivity index (χ0v) is 10.9. The molecule has 3 nitrogen and oxygen atoms in total. The van der Waals surface area contributed by atoms with Crippen LogP contribution < -0.4 is 15.2 Å². The van der Waals surface area contributed by atoms with Crippen LogP contribution >= 0.6 is 0 Å². The monoisotopic (exact) mass is 235 g/mol. The SMILES string of the molecule is COc1ccc(C)c(CCC2(N)CC2)c1OC. The van der Waals surface area contributed by atoms with Crippen LogP contribution in [0.3, 0.4) is 0 Å². The lowest BCUT2D eigenvalue weighted by molar-refractivity contribution is 0.350. The Morgan fingerprint density at radius 1 is 1.24 bits per heavy atom. The summed E-state index contributed by atoms with van der Waals surface area (Å²) in [5.41, 5.74) is 8.69. The van der Waals surface area contributed by atoms with Gasteiger partial charge in [0, 0.05) is 11.1 Å². The maximum absolute atomic E-state index is 6.13. The number of rotatable bonds is 5. The highest BCUT2D eigenvalue weighted by atomic mass is 16.5. The Morgan fingerprint density at radius 3 is 2.47 bits per heavy atom. The van der Waals surface area contributed by atoms with E-state index in [2.05, 4.69) is 13.0 Å². The van der Waals surface area contributed by atoms with Crippen molar-refractivity contribution in [3.8, 4) is 11.5 Å². The highest BCUT2D eigenvalue weighted by Crippen LogP contribution is 2.40. The van der Waals surface area contributed by atoms with E-state index < -0.39 is 0 Å². The standard InChI is InChI=1S/C14H21NO2/c1-10-4-5-12(16-2)13(17-3)11(10)6-7-14(15)8-9-14/h4-5H,6-9,15H2,1-3H3.